The van der Waals surface area contributed by atoms with Crippen molar-refractivity contribution < 1.29 is 9.90 Å². The zero-order valence-electron chi connectivity index (χ0n) is 10.6. The molecular weight excluding hydrogens is 204 g/mol. The van der Waals surface area contributed by atoms with Crippen molar-refractivity contribution in [2.75, 3.05) is 26.7 Å². The van der Waals surface area contributed by atoms with E-state index in [2.05, 4.69) is 0 Å². The molecule has 0 bridgehead atoms. The molecule has 0 aliphatic carbocycles. The van der Waals surface area contributed by atoms with Crippen molar-refractivity contribution in [3.63, 3.8) is 0 Å². The van der Waals surface area contributed by atoms with Gasteiger partial charge < -0.3 is 10.0 Å². The Morgan fingerprint density at radius 2 is 1.94 bits per heavy atom. The van der Waals surface area contributed by atoms with Crippen molar-refractivity contribution in [3.05, 3.63) is 0 Å². The van der Waals surface area contributed by atoms with Gasteiger partial charge >= 0.3 is 0 Å². The minimum atomic E-state index is -0.295. The van der Waals surface area contributed by atoms with Gasteiger partial charge in [0.15, 0.2) is 0 Å². The van der Waals surface area contributed by atoms with Gasteiger partial charge in [-0.05, 0) is 40.2 Å². The van der Waals surface area contributed by atoms with E-state index in [1.54, 1.807) is 6.92 Å². The van der Waals surface area contributed by atoms with E-state index in [4.69, 9.17) is 0 Å². The quantitative estimate of drug-likeness (QED) is 0.753. The lowest BCUT2D eigenvalue weighted by atomic mass is 10.2. The minimum absolute atomic E-state index is 0.0724. The fourth-order valence-electron chi connectivity index (χ4n) is 1.97. The molecule has 1 amide bonds. The Labute approximate surface area is 98.2 Å². The number of carbonyl (C=O) groups excluding carboxylic acids is 1. The van der Waals surface area contributed by atoms with Crippen molar-refractivity contribution >= 4 is 5.91 Å². The zero-order valence-corrected chi connectivity index (χ0v) is 10.6. The van der Waals surface area contributed by atoms with Crippen LogP contribution in [0.15, 0.2) is 0 Å². The molecule has 2 unspecified atom stereocenters. The molecule has 0 spiro atoms. The summed E-state index contributed by atoms with van der Waals surface area (Å²) in [6.45, 7) is 6.31. The van der Waals surface area contributed by atoms with Crippen LogP contribution >= 0.6 is 0 Å². The van der Waals surface area contributed by atoms with Gasteiger partial charge in [0.2, 0.25) is 5.91 Å². The van der Waals surface area contributed by atoms with E-state index in [0.29, 0.717) is 6.42 Å². The summed E-state index contributed by atoms with van der Waals surface area (Å²) < 4.78 is 0. The third kappa shape index (κ3) is 3.76. The highest BCUT2D eigenvalue weighted by Gasteiger charge is 2.25. The first-order valence-corrected chi connectivity index (χ1v) is 6.19. The zero-order chi connectivity index (χ0) is 12.1. The molecule has 1 heterocycles. The van der Waals surface area contributed by atoms with E-state index in [1.807, 2.05) is 23.8 Å². The summed E-state index contributed by atoms with van der Waals surface area (Å²) in [7, 11) is 1.95. The monoisotopic (exact) mass is 228 g/mol. The second kappa shape index (κ2) is 6.21. The second-order valence-corrected chi connectivity index (χ2v) is 4.83. The van der Waals surface area contributed by atoms with Gasteiger partial charge in [-0.25, -0.2) is 0 Å². The topological polar surface area (TPSA) is 43.8 Å². The van der Waals surface area contributed by atoms with E-state index >= 15 is 0 Å². The van der Waals surface area contributed by atoms with E-state index in [-0.39, 0.29) is 18.1 Å². The molecule has 16 heavy (non-hydrogen) atoms. The Morgan fingerprint density at radius 1 is 1.38 bits per heavy atom. The molecule has 0 aromatic heterocycles. The third-order valence-corrected chi connectivity index (χ3v) is 3.34. The van der Waals surface area contributed by atoms with Crippen molar-refractivity contribution in [1.82, 2.24) is 9.80 Å². The standard InChI is InChI=1S/C12H24N2O2/c1-10(15)6-9-13(3)11(2)12(16)14-7-4-5-8-14/h10-11,15H,4-9H2,1-3H3. The average molecular weight is 228 g/mol. The molecule has 4 heteroatoms. The van der Waals surface area contributed by atoms with Crippen molar-refractivity contribution in [1.29, 1.82) is 0 Å². The molecule has 0 aromatic rings. The molecule has 1 fully saturated rings. The predicted octanol–water partition coefficient (Wildman–Crippen LogP) is 0.700. The number of hydrogen-bond acceptors (Lipinski definition) is 3. The lowest BCUT2D eigenvalue weighted by Crippen LogP contribution is -2.45. The number of nitrogens with zero attached hydrogens (tertiary/aromatic N) is 2. The fourth-order valence-corrected chi connectivity index (χ4v) is 1.97. The minimum Gasteiger partial charge on any atom is -0.393 e. The predicted molar refractivity (Wildman–Crippen MR) is 64.2 cm³/mol. The summed E-state index contributed by atoms with van der Waals surface area (Å²) in [5.41, 5.74) is 0. The van der Waals surface area contributed by atoms with Crippen LogP contribution in [0.1, 0.15) is 33.1 Å². The number of carbonyl (C=O) groups is 1. The Bertz CT molecular complexity index is 225. The molecule has 0 saturated carbocycles. The number of likely N-dealkylation sites (tertiary alicyclic amines) is 1. The number of aliphatic hydroxyl groups excluding tert-OH is 1. The lowest BCUT2D eigenvalue weighted by Gasteiger charge is -2.28. The van der Waals surface area contributed by atoms with Gasteiger partial charge in [-0.1, -0.05) is 0 Å². The first-order chi connectivity index (χ1) is 7.52. The first kappa shape index (κ1) is 13.5. The summed E-state index contributed by atoms with van der Waals surface area (Å²) in [6, 6.07) is -0.0724. The van der Waals surface area contributed by atoms with Gasteiger partial charge in [0.1, 0.15) is 0 Å². The van der Waals surface area contributed by atoms with Crippen LogP contribution in [0.5, 0.6) is 0 Å². The molecule has 1 rings (SSSR count). The largest absolute Gasteiger partial charge is 0.393 e. The Morgan fingerprint density at radius 3 is 2.44 bits per heavy atom. The van der Waals surface area contributed by atoms with Crippen molar-refractivity contribution in [2.45, 2.75) is 45.3 Å². The molecule has 1 saturated heterocycles. The SMILES string of the molecule is CC(O)CCN(C)C(C)C(=O)N1CCCC1. The van der Waals surface area contributed by atoms with Gasteiger partial charge in [-0.3, -0.25) is 9.69 Å². The Hall–Kier alpha value is -0.610. The first-order valence-electron chi connectivity index (χ1n) is 6.19. The maximum absolute atomic E-state index is 12.1. The summed E-state index contributed by atoms with van der Waals surface area (Å²) in [6.07, 6.45) is 2.69. The Balaban J connectivity index is 2.36. The van der Waals surface area contributed by atoms with Crippen LogP contribution in [0.4, 0.5) is 0 Å². The molecule has 2 atom stereocenters. The van der Waals surface area contributed by atoms with Crippen LogP contribution in [-0.4, -0.2) is 59.6 Å². The highest BCUT2D eigenvalue weighted by atomic mass is 16.3. The van der Waals surface area contributed by atoms with E-state index < -0.39 is 0 Å². The van der Waals surface area contributed by atoms with Gasteiger partial charge in [-0.15, -0.1) is 0 Å². The van der Waals surface area contributed by atoms with E-state index in [9.17, 15) is 9.90 Å². The molecule has 1 aliphatic heterocycles. The number of rotatable bonds is 5. The van der Waals surface area contributed by atoms with Crippen molar-refractivity contribution in [2.24, 2.45) is 0 Å². The maximum Gasteiger partial charge on any atom is 0.239 e. The third-order valence-electron chi connectivity index (χ3n) is 3.34. The van der Waals surface area contributed by atoms with Gasteiger partial charge in [-0.2, -0.15) is 0 Å². The van der Waals surface area contributed by atoms with Crippen LogP contribution in [0.2, 0.25) is 0 Å². The van der Waals surface area contributed by atoms with Crippen LogP contribution < -0.4 is 0 Å². The number of amides is 1. The maximum atomic E-state index is 12.1. The summed E-state index contributed by atoms with van der Waals surface area (Å²) in [4.78, 5) is 16.0. The normalized spacial score (nSPS) is 20.2. The molecule has 1 aliphatic rings. The molecule has 0 radical (unpaired) electrons. The second-order valence-electron chi connectivity index (χ2n) is 4.83. The highest BCUT2D eigenvalue weighted by Crippen LogP contribution is 2.11. The van der Waals surface area contributed by atoms with E-state index in [1.165, 1.54) is 0 Å². The van der Waals surface area contributed by atoms with Gasteiger partial charge in [0.05, 0.1) is 12.1 Å². The Kier molecular flexibility index (Phi) is 5.22. The molecule has 1 N–H and O–H groups in total. The lowest BCUT2D eigenvalue weighted by molar-refractivity contribution is -0.134. The summed E-state index contributed by atoms with van der Waals surface area (Å²) in [5, 5.41) is 9.21. The molecular formula is C12H24N2O2. The fraction of sp³-hybridized carbons (Fsp3) is 0.917. The van der Waals surface area contributed by atoms with Crippen molar-refractivity contribution in [3.8, 4) is 0 Å². The van der Waals surface area contributed by atoms with Crippen LogP contribution in [0.3, 0.4) is 0 Å². The highest BCUT2D eigenvalue weighted by molar-refractivity contribution is 5.81. The van der Waals surface area contributed by atoms with Gasteiger partial charge in [0.25, 0.3) is 0 Å². The summed E-state index contributed by atoms with van der Waals surface area (Å²) in [5.74, 6) is 0.227. The molecule has 0 aromatic carbocycles. The van der Waals surface area contributed by atoms with Crippen LogP contribution in [0.25, 0.3) is 0 Å². The van der Waals surface area contributed by atoms with E-state index in [0.717, 1.165) is 32.5 Å². The van der Waals surface area contributed by atoms with Crippen LogP contribution in [-0.2, 0) is 4.79 Å². The number of hydrogen-bond donors (Lipinski definition) is 1. The summed E-state index contributed by atoms with van der Waals surface area (Å²) >= 11 is 0. The van der Waals surface area contributed by atoms with Crippen LogP contribution in [0, 0.1) is 0 Å². The van der Waals surface area contributed by atoms with Gasteiger partial charge in [0, 0.05) is 19.6 Å². The average Bonchev–Trinajstić information content (AvgIpc) is 2.77. The number of aliphatic hydroxyl groups is 1. The molecule has 4 nitrogen and oxygen atoms in total. The number of likely N-dealkylation sites (N-methyl/N-ethyl adjacent to an activating group) is 1. The smallest absolute Gasteiger partial charge is 0.239 e. The molecule has 94 valence electrons.